The van der Waals surface area contributed by atoms with Crippen LogP contribution in [0.1, 0.15) is 20.3 Å². The highest BCUT2D eigenvalue weighted by atomic mass is 16.5. The fourth-order valence-electron chi connectivity index (χ4n) is 3.16. The van der Waals surface area contributed by atoms with Crippen molar-refractivity contribution in [2.45, 2.75) is 26.3 Å². The van der Waals surface area contributed by atoms with Crippen molar-refractivity contribution in [2.75, 3.05) is 32.8 Å². The maximum Gasteiger partial charge on any atom is 0.260 e. The number of nitrogens with zero attached hydrogens (tertiary/aromatic N) is 2. The molecule has 0 saturated carbocycles. The summed E-state index contributed by atoms with van der Waals surface area (Å²) >= 11 is 0. The fraction of sp³-hybridized carbons (Fsp3) is 0.450. The molecule has 2 aromatic carbocycles. The number of amides is 1. The first kappa shape index (κ1) is 16.8. The quantitative estimate of drug-likeness (QED) is 0.846. The predicted octanol–water partition coefficient (Wildman–Crippen LogP) is 3.16. The molecule has 1 heterocycles. The van der Waals surface area contributed by atoms with Gasteiger partial charge in [-0.15, -0.1) is 0 Å². The van der Waals surface area contributed by atoms with Gasteiger partial charge in [-0.2, -0.15) is 0 Å². The Morgan fingerprint density at radius 2 is 1.79 bits per heavy atom. The molecule has 0 radical (unpaired) electrons. The number of ether oxygens (including phenoxy) is 1. The van der Waals surface area contributed by atoms with Crippen molar-refractivity contribution in [3.8, 4) is 5.75 Å². The Kier molecular flexibility index (Phi) is 5.36. The van der Waals surface area contributed by atoms with Crippen molar-refractivity contribution in [3.05, 3.63) is 42.5 Å². The predicted molar refractivity (Wildman–Crippen MR) is 97.3 cm³/mol. The molecule has 0 N–H and O–H groups in total. The Morgan fingerprint density at radius 3 is 2.50 bits per heavy atom. The van der Waals surface area contributed by atoms with Gasteiger partial charge in [0.05, 0.1) is 0 Å². The second kappa shape index (κ2) is 7.67. The Hall–Kier alpha value is -2.07. The molecule has 0 bridgehead atoms. The minimum Gasteiger partial charge on any atom is -0.484 e. The van der Waals surface area contributed by atoms with E-state index >= 15 is 0 Å². The average Bonchev–Trinajstić information content (AvgIpc) is 2.65. The first-order valence-electron chi connectivity index (χ1n) is 8.81. The lowest BCUT2D eigenvalue weighted by atomic mass is 10.1. The van der Waals surface area contributed by atoms with Crippen molar-refractivity contribution in [3.63, 3.8) is 0 Å². The number of piperazine rings is 1. The van der Waals surface area contributed by atoms with Gasteiger partial charge in [0, 0.05) is 32.2 Å². The van der Waals surface area contributed by atoms with Crippen LogP contribution in [0.3, 0.4) is 0 Å². The van der Waals surface area contributed by atoms with E-state index in [-0.39, 0.29) is 12.5 Å². The zero-order valence-electron chi connectivity index (χ0n) is 14.6. The molecule has 0 aromatic heterocycles. The first-order chi connectivity index (χ1) is 11.7. The van der Waals surface area contributed by atoms with Gasteiger partial charge in [0.2, 0.25) is 0 Å². The molecule has 0 aliphatic carbocycles. The molecule has 1 saturated heterocycles. The minimum atomic E-state index is 0.0759. The molecule has 1 fully saturated rings. The van der Waals surface area contributed by atoms with Crippen LogP contribution in [0.5, 0.6) is 5.75 Å². The molecular weight excluding hydrogens is 300 g/mol. The molecule has 1 aliphatic heterocycles. The summed E-state index contributed by atoms with van der Waals surface area (Å²) in [7, 11) is 0. The van der Waals surface area contributed by atoms with Crippen LogP contribution in [-0.4, -0.2) is 54.5 Å². The third kappa shape index (κ3) is 3.88. The number of benzene rings is 2. The van der Waals surface area contributed by atoms with E-state index in [0.717, 1.165) is 43.7 Å². The smallest absolute Gasteiger partial charge is 0.260 e. The number of hydrogen-bond donors (Lipinski definition) is 0. The molecule has 1 amide bonds. The van der Waals surface area contributed by atoms with Crippen molar-refractivity contribution >= 4 is 16.7 Å². The van der Waals surface area contributed by atoms with Crippen LogP contribution in [-0.2, 0) is 4.79 Å². The Balaban J connectivity index is 1.52. The maximum atomic E-state index is 12.4. The third-order valence-corrected chi connectivity index (χ3v) is 4.96. The van der Waals surface area contributed by atoms with Crippen molar-refractivity contribution in [1.82, 2.24) is 9.80 Å². The van der Waals surface area contributed by atoms with Crippen LogP contribution in [0.4, 0.5) is 0 Å². The van der Waals surface area contributed by atoms with Gasteiger partial charge >= 0.3 is 0 Å². The molecule has 1 atom stereocenters. The van der Waals surface area contributed by atoms with Gasteiger partial charge < -0.3 is 9.64 Å². The number of fused-ring (bicyclic) bond motifs is 1. The summed E-state index contributed by atoms with van der Waals surface area (Å²) in [6, 6.07) is 14.7. The molecule has 4 heteroatoms. The number of carbonyl (C=O) groups excluding carboxylic acids is 1. The molecule has 1 aliphatic rings. The second-order valence-corrected chi connectivity index (χ2v) is 6.47. The lowest BCUT2D eigenvalue weighted by molar-refractivity contribution is -0.135. The molecule has 0 unspecified atom stereocenters. The van der Waals surface area contributed by atoms with Crippen LogP contribution < -0.4 is 4.74 Å². The zero-order valence-corrected chi connectivity index (χ0v) is 14.6. The molecule has 2 aromatic rings. The lowest BCUT2D eigenvalue weighted by Gasteiger charge is -2.37. The van der Waals surface area contributed by atoms with E-state index in [1.807, 2.05) is 35.2 Å². The van der Waals surface area contributed by atoms with Gasteiger partial charge in [0.25, 0.3) is 5.91 Å². The van der Waals surface area contributed by atoms with Crippen LogP contribution in [0.15, 0.2) is 42.5 Å². The number of hydrogen-bond acceptors (Lipinski definition) is 3. The molecule has 4 nitrogen and oxygen atoms in total. The standard InChI is InChI=1S/C20H26N2O2/c1-3-16(2)21-10-12-22(13-11-21)20(23)15-24-19-9-8-17-6-4-5-7-18(17)14-19/h4-9,14,16H,3,10-13,15H2,1-2H3/t16-/m1/s1. The summed E-state index contributed by atoms with van der Waals surface area (Å²) in [6.07, 6.45) is 1.15. The topological polar surface area (TPSA) is 32.8 Å². The highest BCUT2D eigenvalue weighted by Gasteiger charge is 2.23. The first-order valence-corrected chi connectivity index (χ1v) is 8.81. The van der Waals surface area contributed by atoms with Gasteiger partial charge in [0.15, 0.2) is 6.61 Å². The van der Waals surface area contributed by atoms with Gasteiger partial charge in [-0.1, -0.05) is 37.3 Å². The fourth-order valence-corrected chi connectivity index (χ4v) is 3.16. The van der Waals surface area contributed by atoms with Gasteiger partial charge in [-0.3, -0.25) is 9.69 Å². The Bertz CT molecular complexity index is 693. The van der Waals surface area contributed by atoms with E-state index in [4.69, 9.17) is 4.74 Å². The number of rotatable bonds is 5. The van der Waals surface area contributed by atoms with Gasteiger partial charge in [-0.25, -0.2) is 0 Å². The summed E-state index contributed by atoms with van der Waals surface area (Å²) in [5.74, 6) is 0.826. The van der Waals surface area contributed by atoms with Crippen LogP contribution >= 0.6 is 0 Å². The summed E-state index contributed by atoms with van der Waals surface area (Å²) in [5.41, 5.74) is 0. The molecular formula is C20H26N2O2. The summed E-state index contributed by atoms with van der Waals surface area (Å²) < 4.78 is 5.72. The van der Waals surface area contributed by atoms with E-state index in [2.05, 4.69) is 30.9 Å². The normalized spacial score (nSPS) is 17.0. The lowest BCUT2D eigenvalue weighted by Crippen LogP contribution is -2.52. The third-order valence-electron chi connectivity index (χ3n) is 4.96. The minimum absolute atomic E-state index is 0.0759. The molecule has 0 spiro atoms. The van der Waals surface area contributed by atoms with Crippen LogP contribution in [0.2, 0.25) is 0 Å². The monoisotopic (exact) mass is 326 g/mol. The summed E-state index contributed by atoms with van der Waals surface area (Å²) in [5, 5.41) is 2.31. The van der Waals surface area contributed by atoms with E-state index in [0.29, 0.717) is 6.04 Å². The summed E-state index contributed by atoms with van der Waals surface area (Å²) in [6.45, 7) is 8.07. The molecule has 128 valence electrons. The number of carbonyl (C=O) groups is 1. The van der Waals surface area contributed by atoms with Crippen LogP contribution in [0.25, 0.3) is 10.8 Å². The zero-order chi connectivity index (χ0) is 16.9. The molecule has 3 rings (SSSR count). The maximum absolute atomic E-state index is 12.4. The molecule has 24 heavy (non-hydrogen) atoms. The largest absolute Gasteiger partial charge is 0.484 e. The second-order valence-electron chi connectivity index (χ2n) is 6.47. The highest BCUT2D eigenvalue weighted by Crippen LogP contribution is 2.20. The SMILES string of the molecule is CC[C@@H](C)N1CCN(C(=O)COc2ccc3ccccc3c2)CC1. The van der Waals surface area contributed by atoms with Crippen molar-refractivity contribution in [2.24, 2.45) is 0 Å². The average molecular weight is 326 g/mol. The van der Waals surface area contributed by atoms with Crippen molar-refractivity contribution in [1.29, 1.82) is 0 Å². The van der Waals surface area contributed by atoms with Gasteiger partial charge in [0.1, 0.15) is 5.75 Å². The van der Waals surface area contributed by atoms with E-state index in [1.165, 1.54) is 5.39 Å². The Labute approximate surface area is 144 Å². The van der Waals surface area contributed by atoms with E-state index < -0.39 is 0 Å². The Morgan fingerprint density at radius 1 is 1.08 bits per heavy atom. The van der Waals surface area contributed by atoms with Gasteiger partial charge in [-0.05, 0) is 36.2 Å². The summed E-state index contributed by atoms with van der Waals surface area (Å²) in [4.78, 5) is 16.7. The van der Waals surface area contributed by atoms with E-state index in [9.17, 15) is 4.79 Å². The van der Waals surface area contributed by atoms with Crippen LogP contribution in [0, 0.1) is 0 Å². The van der Waals surface area contributed by atoms with Crippen molar-refractivity contribution < 1.29 is 9.53 Å². The van der Waals surface area contributed by atoms with E-state index in [1.54, 1.807) is 0 Å². The highest BCUT2D eigenvalue weighted by molar-refractivity contribution is 5.84.